The number of thioether (sulfide) groups is 1. The SMILES string of the molecule is CCCCCCSc1ccc(C#Cc2ccc(C#CC3=CC=C(C)CC3)cc2)cc1. The molecule has 0 nitrogen and oxygen atoms in total. The Bertz CT molecular complexity index is 997. The van der Waals surface area contributed by atoms with E-state index in [-0.39, 0.29) is 0 Å². The van der Waals surface area contributed by atoms with Gasteiger partial charge in [-0.05, 0) is 80.5 Å². The van der Waals surface area contributed by atoms with Gasteiger partial charge in [0.1, 0.15) is 0 Å². The molecule has 0 amide bonds. The van der Waals surface area contributed by atoms with Gasteiger partial charge in [0.25, 0.3) is 0 Å². The molecule has 1 heteroatoms. The van der Waals surface area contributed by atoms with E-state index in [1.54, 1.807) is 0 Å². The molecule has 0 aromatic heterocycles. The summed E-state index contributed by atoms with van der Waals surface area (Å²) in [4.78, 5) is 1.33. The van der Waals surface area contributed by atoms with Crippen LogP contribution in [-0.4, -0.2) is 5.75 Å². The van der Waals surface area contributed by atoms with E-state index in [1.165, 1.54) is 47.5 Å². The van der Waals surface area contributed by atoms with E-state index in [4.69, 9.17) is 0 Å². The Labute approximate surface area is 186 Å². The molecular formula is C29H30S. The molecule has 152 valence electrons. The van der Waals surface area contributed by atoms with Gasteiger partial charge in [0.05, 0.1) is 0 Å². The molecule has 3 rings (SSSR count). The van der Waals surface area contributed by atoms with Crippen molar-refractivity contribution in [2.75, 3.05) is 5.75 Å². The van der Waals surface area contributed by atoms with Gasteiger partial charge >= 0.3 is 0 Å². The molecule has 1 aliphatic carbocycles. The Balaban J connectivity index is 1.53. The minimum Gasteiger partial charge on any atom is -0.126 e. The summed E-state index contributed by atoms with van der Waals surface area (Å²) in [5.41, 5.74) is 5.76. The molecule has 2 aromatic rings. The Kier molecular flexibility index (Phi) is 8.96. The summed E-state index contributed by atoms with van der Waals surface area (Å²) in [7, 11) is 0. The zero-order valence-corrected chi connectivity index (χ0v) is 18.9. The maximum Gasteiger partial charge on any atom is 0.0249 e. The summed E-state index contributed by atoms with van der Waals surface area (Å²) < 4.78 is 0. The van der Waals surface area contributed by atoms with Crippen LogP contribution in [0.1, 0.15) is 69.1 Å². The fourth-order valence-electron chi connectivity index (χ4n) is 3.13. The van der Waals surface area contributed by atoms with E-state index in [2.05, 4.69) is 98.2 Å². The molecule has 0 bridgehead atoms. The first-order valence-corrected chi connectivity index (χ1v) is 11.9. The molecule has 30 heavy (non-hydrogen) atoms. The van der Waals surface area contributed by atoms with Gasteiger partial charge in [-0.25, -0.2) is 0 Å². The van der Waals surface area contributed by atoms with E-state index in [0.29, 0.717) is 0 Å². The van der Waals surface area contributed by atoms with Gasteiger partial charge in [-0.15, -0.1) is 11.8 Å². The Morgan fingerprint density at radius 2 is 1.30 bits per heavy atom. The molecule has 0 fully saturated rings. The van der Waals surface area contributed by atoms with Crippen molar-refractivity contribution in [1.29, 1.82) is 0 Å². The molecular weight excluding hydrogens is 380 g/mol. The van der Waals surface area contributed by atoms with E-state index in [1.807, 2.05) is 11.8 Å². The first-order chi connectivity index (χ1) is 14.7. The number of rotatable bonds is 6. The molecule has 0 spiro atoms. The second-order valence-corrected chi connectivity index (χ2v) is 8.88. The topological polar surface area (TPSA) is 0 Å². The number of hydrogen-bond acceptors (Lipinski definition) is 1. The van der Waals surface area contributed by atoms with Crippen molar-refractivity contribution >= 4 is 11.8 Å². The molecule has 1 aliphatic rings. The van der Waals surface area contributed by atoms with Gasteiger partial charge in [0.2, 0.25) is 0 Å². The van der Waals surface area contributed by atoms with E-state index in [9.17, 15) is 0 Å². The summed E-state index contributed by atoms with van der Waals surface area (Å²) in [5.74, 6) is 14.3. The first-order valence-electron chi connectivity index (χ1n) is 11.0. The number of hydrogen-bond donors (Lipinski definition) is 0. The number of unbranched alkanes of at least 4 members (excludes halogenated alkanes) is 3. The molecule has 0 atom stereocenters. The largest absolute Gasteiger partial charge is 0.126 e. The highest BCUT2D eigenvalue weighted by Gasteiger charge is 2.00. The molecule has 0 saturated heterocycles. The van der Waals surface area contributed by atoms with Gasteiger partial charge in [-0.1, -0.05) is 67.6 Å². The smallest absolute Gasteiger partial charge is 0.0249 e. The third kappa shape index (κ3) is 7.67. The Morgan fingerprint density at radius 1 is 0.700 bits per heavy atom. The highest BCUT2D eigenvalue weighted by atomic mass is 32.2. The van der Waals surface area contributed by atoms with Crippen LogP contribution in [0, 0.1) is 23.7 Å². The molecule has 0 unspecified atom stereocenters. The fourth-order valence-corrected chi connectivity index (χ4v) is 4.05. The van der Waals surface area contributed by atoms with Crippen molar-refractivity contribution < 1.29 is 0 Å². The highest BCUT2D eigenvalue weighted by molar-refractivity contribution is 7.99. The molecule has 0 radical (unpaired) electrons. The molecule has 0 saturated carbocycles. The van der Waals surface area contributed by atoms with E-state index in [0.717, 1.165) is 29.5 Å². The van der Waals surface area contributed by atoms with Gasteiger partial charge in [0.15, 0.2) is 0 Å². The van der Waals surface area contributed by atoms with Crippen molar-refractivity contribution in [2.24, 2.45) is 0 Å². The molecule has 2 aromatic carbocycles. The maximum absolute atomic E-state index is 3.29. The maximum atomic E-state index is 3.29. The van der Waals surface area contributed by atoms with Crippen LogP contribution in [0.15, 0.2) is 76.7 Å². The third-order valence-electron chi connectivity index (χ3n) is 5.08. The van der Waals surface area contributed by atoms with Crippen LogP contribution in [0.25, 0.3) is 0 Å². The predicted molar refractivity (Wildman–Crippen MR) is 132 cm³/mol. The van der Waals surface area contributed by atoms with Crippen molar-refractivity contribution in [3.05, 3.63) is 88.5 Å². The lowest BCUT2D eigenvalue weighted by Gasteiger charge is -2.05. The lowest BCUT2D eigenvalue weighted by Crippen LogP contribution is -1.88. The van der Waals surface area contributed by atoms with Crippen molar-refractivity contribution in [2.45, 2.75) is 57.3 Å². The summed E-state index contributed by atoms with van der Waals surface area (Å²) in [6, 6.07) is 16.8. The first kappa shape index (κ1) is 22.1. The van der Waals surface area contributed by atoms with Gasteiger partial charge in [-0.3, -0.25) is 0 Å². The fraction of sp³-hybridized carbons (Fsp3) is 0.310. The summed E-state index contributed by atoms with van der Waals surface area (Å²) in [5, 5.41) is 0. The van der Waals surface area contributed by atoms with Gasteiger partial charge in [0, 0.05) is 27.2 Å². The monoisotopic (exact) mass is 410 g/mol. The summed E-state index contributed by atoms with van der Waals surface area (Å²) in [6.07, 6.45) is 11.8. The van der Waals surface area contributed by atoms with Crippen LogP contribution in [0.2, 0.25) is 0 Å². The second-order valence-electron chi connectivity index (χ2n) is 7.72. The Morgan fingerprint density at radius 3 is 1.87 bits per heavy atom. The van der Waals surface area contributed by atoms with Crippen LogP contribution >= 0.6 is 11.8 Å². The quantitative estimate of drug-likeness (QED) is 0.266. The zero-order chi connectivity index (χ0) is 21.0. The molecule has 0 N–H and O–H groups in total. The van der Waals surface area contributed by atoms with Crippen LogP contribution in [0.3, 0.4) is 0 Å². The van der Waals surface area contributed by atoms with Gasteiger partial charge < -0.3 is 0 Å². The highest BCUT2D eigenvalue weighted by Crippen LogP contribution is 2.20. The standard InChI is InChI=1S/C29H30S/c1-3-4-5-6-23-30-29-21-19-28(20-22-29)18-17-27-15-13-26(14-16-27)12-11-25-9-7-24(2)8-10-25/h7,9,13-16,19-22H,3-6,8,10,23H2,1-2H3. The van der Waals surface area contributed by atoms with Crippen LogP contribution in [-0.2, 0) is 0 Å². The second kappa shape index (κ2) is 12.2. The average molecular weight is 411 g/mol. The minimum absolute atomic E-state index is 1.02. The minimum atomic E-state index is 1.02. The van der Waals surface area contributed by atoms with E-state index >= 15 is 0 Å². The lowest BCUT2D eigenvalue weighted by molar-refractivity contribution is 0.706. The normalized spacial score (nSPS) is 12.7. The van der Waals surface area contributed by atoms with Crippen LogP contribution < -0.4 is 0 Å². The molecule has 0 aliphatic heterocycles. The summed E-state index contributed by atoms with van der Waals surface area (Å²) in [6.45, 7) is 4.42. The lowest BCUT2D eigenvalue weighted by atomic mass is 10.00. The van der Waals surface area contributed by atoms with Gasteiger partial charge in [-0.2, -0.15) is 0 Å². The summed E-state index contributed by atoms with van der Waals surface area (Å²) >= 11 is 1.94. The van der Waals surface area contributed by atoms with E-state index < -0.39 is 0 Å². The van der Waals surface area contributed by atoms with Crippen LogP contribution in [0.4, 0.5) is 0 Å². The number of allylic oxidation sites excluding steroid dienone is 4. The number of benzene rings is 2. The Hall–Kier alpha value is -2.61. The molecule has 0 heterocycles. The predicted octanol–water partition coefficient (Wildman–Crippen LogP) is 7.78. The zero-order valence-electron chi connectivity index (χ0n) is 18.1. The third-order valence-corrected chi connectivity index (χ3v) is 6.18. The average Bonchev–Trinajstić information content (AvgIpc) is 2.79. The van der Waals surface area contributed by atoms with Crippen LogP contribution in [0.5, 0.6) is 0 Å². The van der Waals surface area contributed by atoms with Crippen molar-refractivity contribution in [3.8, 4) is 23.7 Å². The van der Waals surface area contributed by atoms with Crippen molar-refractivity contribution in [3.63, 3.8) is 0 Å². The van der Waals surface area contributed by atoms with Crippen molar-refractivity contribution in [1.82, 2.24) is 0 Å².